The summed E-state index contributed by atoms with van der Waals surface area (Å²) in [6.45, 7) is 9.05. The highest BCUT2D eigenvalue weighted by molar-refractivity contribution is 5.78. The number of hydrogen-bond acceptors (Lipinski definition) is 3. The summed E-state index contributed by atoms with van der Waals surface area (Å²) in [7, 11) is 0. The Morgan fingerprint density at radius 1 is 1.44 bits per heavy atom. The molecule has 0 aromatic carbocycles. The SMILES string of the molecule is CC(C)NC(=O)CN1CCC2CNCC2C1. The van der Waals surface area contributed by atoms with Gasteiger partial charge in [0.05, 0.1) is 6.54 Å². The van der Waals surface area contributed by atoms with Gasteiger partial charge in [-0.2, -0.15) is 0 Å². The minimum absolute atomic E-state index is 0.166. The molecular formula is C12H23N3O. The smallest absolute Gasteiger partial charge is 0.234 e. The molecule has 0 aromatic rings. The fourth-order valence-electron chi connectivity index (χ4n) is 2.82. The highest BCUT2D eigenvalue weighted by Gasteiger charge is 2.33. The minimum atomic E-state index is 0.166. The van der Waals surface area contributed by atoms with Crippen LogP contribution in [-0.4, -0.2) is 49.6 Å². The predicted molar refractivity (Wildman–Crippen MR) is 64.2 cm³/mol. The lowest BCUT2D eigenvalue weighted by atomic mass is 9.89. The maximum absolute atomic E-state index is 11.6. The number of nitrogens with one attached hydrogen (secondary N) is 2. The molecule has 2 atom stereocenters. The van der Waals surface area contributed by atoms with Gasteiger partial charge in [-0.15, -0.1) is 0 Å². The van der Waals surface area contributed by atoms with Crippen LogP contribution in [0.1, 0.15) is 20.3 Å². The van der Waals surface area contributed by atoms with Crippen LogP contribution < -0.4 is 10.6 Å². The Kier molecular flexibility index (Phi) is 3.82. The van der Waals surface area contributed by atoms with Crippen LogP contribution in [-0.2, 0) is 4.79 Å². The molecule has 4 heteroatoms. The number of hydrogen-bond donors (Lipinski definition) is 2. The number of nitrogens with zero attached hydrogens (tertiary/aromatic N) is 1. The molecule has 2 aliphatic rings. The minimum Gasteiger partial charge on any atom is -0.353 e. The maximum Gasteiger partial charge on any atom is 0.234 e. The Bertz CT molecular complexity index is 255. The highest BCUT2D eigenvalue weighted by atomic mass is 16.2. The molecule has 16 heavy (non-hydrogen) atoms. The number of rotatable bonds is 3. The van der Waals surface area contributed by atoms with Gasteiger partial charge in [0.2, 0.25) is 5.91 Å². The molecule has 4 nitrogen and oxygen atoms in total. The largest absolute Gasteiger partial charge is 0.353 e. The lowest BCUT2D eigenvalue weighted by Crippen LogP contribution is -2.46. The monoisotopic (exact) mass is 225 g/mol. The standard InChI is InChI=1S/C12H23N3O/c1-9(2)14-12(16)8-15-4-3-10-5-13-6-11(10)7-15/h9-11,13H,3-8H2,1-2H3,(H,14,16). The molecule has 0 bridgehead atoms. The molecule has 0 saturated carbocycles. The van der Waals surface area contributed by atoms with Crippen molar-refractivity contribution in [1.82, 2.24) is 15.5 Å². The van der Waals surface area contributed by atoms with Crippen molar-refractivity contribution in [2.75, 3.05) is 32.7 Å². The Balaban J connectivity index is 1.76. The van der Waals surface area contributed by atoms with E-state index in [2.05, 4.69) is 15.5 Å². The third-order valence-electron chi connectivity index (χ3n) is 3.61. The summed E-state index contributed by atoms with van der Waals surface area (Å²) in [5.41, 5.74) is 0. The lowest BCUT2D eigenvalue weighted by Gasteiger charge is -2.34. The van der Waals surface area contributed by atoms with Crippen LogP contribution >= 0.6 is 0 Å². The fraction of sp³-hybridized carbons (Fsp3) is 0.917. The summed E-state index contributed by atoms with van der Waals surface area (Å²) >= 11 is 0. The van der Waals surface area contributed by atoms with E-state index >= 15 is 0 Å². The van der Waals surface area contributed by atoms with Gasteiger partial charge in [0.15, 0.2) is 0 Å². The first-order valence-corrected chi connectivity index (χ1v) is 6.37. The Morgan fingerprint density at radius 2 is 2.19 bits per heavy atom. The summed E-state index contributed by atoms with van der Waals surface area (Å²) in [6, 6.07) is 0.248. The summed E-state index contributed by atoms with van der Waals surface area (Å²) < 4.78 is 0. The van der Waals surface area contributed by atoms with Gasteiger partial charge in [-0.3, -0.25) is 9.69 Å². The number of amides is 1. The van der Waals surface area contributed by atoms with Crippen molar-refractivity contribution in [3.8, 4) is 0 Å². The van der Waals surface area contributed by atoms with Crippen LogP contribution in [0.25, 0.3) is 0 Å². The van der Waals surface area contributed by atoms with Crippen molar-refractivity contribution in [1.29, 1.82) is 0 Å². The van der Waals surface area contributed by atoms with Gasteiger partial charge < -0.3 is 10.6 Å². The van der Waals surface area contributed by atoms with E-state index in [1.54, 1.807) is 0 Å². The van der Waals surface area contributed by atoms with E-state index in [0.29, 0.717) is 6.54 Å². The summed E-state index contributed by atoms with van der Waals surface area (Å²) in [5.74, 6) is 1.78. The third-order valence-corrected chi connectivity index (χ3v) is 3.61. The van der Waals surface area contributed by atoms with E-state index in [0.717, 1.165) is 31.5 Å². The van der Waals surface area contributed by atoms with Crippen molar-refractivity contribution in [2.45, 2.75) is 26.3 Å². The highest BCUT2D eigenvalue weighted by Crippen LogP contribution is 2.25. The van der Waals surface area contributed by atoms with Crippen molar-refractivity contribution < 1.29 is 4.79 Å². The predicted octanol–water partition coefficient (Wildman–Crippen LogP) is 0.0523. The Labute approximate surface area is 97.8 Å². The average molecular weight is 225 g/mol. The molecule has 2 rings (SSSR count). The quantitative estimate of drug-likeness (QED) is 0.713. The zero-order valence-corrected chi connectivity index (χ0v) is 10.3. The molecule has 0 aliphatic carbocycles. The van der Waals surface area contributed by atoms with Gasteiger partial charge in [0.25, 0.3) is 0 Å². The van der Waals surface area contributed by atoms with Crippen molar-refractivity contribution in [3.05, 3.63) is 0 Å². The van der Waals surface area contributed by atoms with E-state index in [1.165, 1.54) is 13.0 Å². The van der Waals surface area contributed by atoms with E-state index in [1.807, 2.05) is 13.8 Å². The van der Waals surface area contributed by atoms with E-state index in [-0.39, 0.29) is 11.9 Å². The molecule has 2 saturated heterocycles. The summed E-state index contributed by atoms with van der Waals surface area (Å²) in [4.78, 5) is 13.9. The fourth-order valence-corrected chi connectivity index (χ4v) is 2.82. The zero-order valence-electron chi connectivity index (χ0n) is 10.3. The van der Waals surface area contributed by atoms with Crippen LogP contribution in [0.15, 0.2) is 0 Å². The summed E-state index contributed by atoms with van der Waals surface area (Å²) in [5, 5.41) is 6.40. The second kappa shape index (κ2) is 5.15. The van der Waals surface area contributed by atoms with E-state index < -0.39 is 0 Å². The molecule has 2 fully saturated rings. The van der Waals surface area contributed by atoms with Gasteiger partial charge in [-0.1, -0.05) is 0 Å². The number of carbonyl (C=O) groups is 1. The van der Waals surface area contributed by atoms with Crippen molar-refractivity contribution in [3.63, 3.8) is 0 Å². The average Bonchev–Trinajstić information content (AvgIpc) is 2.63. The summed E-state index contributed by atoms with van der Waals surface area (Å²) in [6.07, 6.45) is 1.24. The van der Waals surface area contributed by atoms with Crippen LogP contribution in [0, 0.1) is 11.8 Å². The maximum atomic E-state index is 11.6. The third kappa shape index (κ3) is 2.95. The normalized spacial score (nSPS) is 30.4. The van der Waals surface area contributed by atoms with Gasteiger partial charge in [-0.25, -0.2) is 0 Å². The Morgan fingerprint density at radius 3 is 2.94 bits per heavy atom. The van der Waals surface area contributed by atoms with Gasteiger partial charge in [-0.05, 0) is 51.7 Å². The molecule has 2 aliphatic heterocycles. The van der Waals surface area contributed by atoms with E-state index in [4.69, 9.17) is 0 Å². The van der Waals surface area contributed by atoms with E-state index in [9.17, 15) is 4.79 Å². The molecule has 1 amide bonds. The second-order valence-corrected chi connectivity index (χ2v) is 5.42. The van der Waals surface area contributed by atoms with Crippen LogP contribution in [0.4, 0.5) is 0 Å². The first kappa shape index (κ1) is 11.9. The van der Waals surface area contributed by atoms with Crippen LogP contribution in [0.2, 0.25) is 0 Å². The molecule has 0 spiro atoms. The zero-order chi connectivity index (χ0) is 11.5. The number of carbonyl (C=O) groups excluding carboxylic acids is 1. The molecule has 0 radical (unpaired) electrons. The lowest BCUT2D eigenvalue weighted by molar-refractivity contribution is -0.123. The van der Waals surface area contributed by atoms with Gasteiger partial charge in [0.1, 0.15) is 0 Å². The molecule has 2 unspecified atom stereocenters. The number of fused-ring (bicyclic) bond motifs is 1. The van der Waals surface area contributed by atoms with Crippen LogP contribution in [0.3, 0.4) is 0 Å². The first-order chi connectivity index (χ1) is 7.65. The molecular weight excluding hydrogens is 202 g/mol. The van der Waals surface area contributed by atoms with Crippen LogP contribution in [0.5, 0.6) is 0 Å². The molecule has 0 aromatic heterocycles. The molecule has 2 heterocycles. The van der Waals surface area contributed by atoms with Crippen molar-refractivity contribution >= 4 is 5.91 Å². The topological polar surface area (TPSA) is 44.4 Å². The molecule has 92 valence electrons. The second-order valence-electron chi connectivity index (χ2n) is 5.42. The first-order valence-electron chi connectivity index (χ1n) is 6.37. The molecule has 2 N–H and O–H groups in total. The number of piperidine rings is 1. The number of likely N-dealkylation sites (tertiary alicyclic amines) is 1. The van der Waals surface area contributed by atoms with Crippen molar-refractivity contribution in [2.24, 2.45) is 11.8 Å². The van der Waals surface area contributed by atoms with Gasteiger partial charge >= 0.3 is 0 Å². The van der Waals surface area contributed by atoms with Gasteiger partial charge in [0, 0.05) is 12.6 Å². The Hall–Kier alpha value is -0.610.